The zero-order valence-corrected chi connectivity index (χ0v) is 21.4. The number of amides is 1. The number of nitrogens with one attached hydrogen (secondary N) is 1. The molecular formula is C30H33NO6. The highest BCUT2D eigenvalue weighted by molar-refractivity contribution is 5.97. The number of alkyl carbamates (subject to hydrolysis) is 1. The summed E-state index contributed by atoms with van der Waals surface area (Å²) in [5.41, 5.74) is -0.348. The van der Waals surface area contributed by atoms with Gasteiger partial charge in [0.2, 0.25) is 0 Å². The van der Waals surface area contributed by atoms with Crippen molar-refractivity contribution in [3.05, 3.63) is 102 Å². The number of ether oxygens (including phenoxy) is 2. The number of carbonyl (C=O) groups is 3. The van der Waals surface area contributed by atoms with Gasteiger partial charge in [-0.1, -0.05) is 60.7 Å². The zero-order chi connectivity index (χ0) is 26.9. The van der Waals surface area contributed by atoms with Gasteiger partial charge in [-0.2, -0.15) is 0 Å². The van der Waals surface area contributed by atoms with Crippen molar-refractivity contribution < 1.29 is 29.0 Å². The number of carboxylic acid groups (broad SMARTS) is 1. The van der Waals surface area contributed by atoms with Gasteiger partial charge in [-0.15, -0.1) is 0 Å². The average molecular weight is 504 g/mol. The van der Waals surface area contributed by atoms with Gasteiger partial charge >= 0.3 is 12.1 Å². The van der Waals surface area contributed by atoms with Gasteiger partial charge in [0.1, 0.15) is 23.5 Å². The number of aliphatic carboxylic acids is 1. The van der Waals surface area contributed by atoms with Crippen LogP contribution < -0.4 is 10.1 Å². The first-order chi connectivity index (χ1) is 17.6. The largest absolute Gasteiger partial charge is 0.489 e. The lowest BCUT2D eigenvalue weighted by Crippen LogP contribution is -2.57. The Labute approximate surface area is 217 Å². The van der Waals surface area contributed by atoms with Crippen molar-refractivity contribution >= 4 is 17.8 Å². The van der Waals surface area contributed by atoms with E-state index in [2.05, 4.69) is 5.32 Å². The number of hydrogen-bond donors (Lipinski definition) is 2. The first kappa shape index (κ1) is 27.5. The Morgan fingerprint density at radius 1 is 0.811 bits per heavy atom. The van der Waals surface area contributed by atoms with Crippen LogP contribution in [-0.2, 0) is 22.6 Å². The minimum Gasteiger partial charge on any atom is -0.489 e. The van der Waals surface area contributed by atoms with E-state index in [1.165, 1.54) is 0 Å². The Morgan fingerprint density at radius 2 is 1.38 bits per heavy atom. The molecule has 0 radical (unpaired) electrons. The van der Waals surface area contributed by atoms with Gasteiger partial charge in [0.25, 0.3) is 0 Å². The third kappa shape index (κ3) is 8.49. The summed E-state index contributed by atoms with van der Waals surface area (Å²) in [6.45, 7) is 5.50. The van der Waals surface area contributed by atoms with Crippen LogP contribution in [0.1, 0.15) is 55.1 Å². The number of Topliss-reactive ketones (excluding diaryl/α,β-unsaturated/α-hetero) is 1. The summed E-state index contributed by atoms with van der Waals surface area (Å²) in [6.07, 6.45) is -1.04. The van der Waals surface area contributed by atoms with Crippen molar-refractivity contribution in [2.24, 2.45) is 0 Å². The lowest BCUT2D eigenvalue weighted by Gasteiger charge is -2.32. The van der Waals surface area contributed by atoms with Crippen LogP contribution in [0.15, 0.2) is 84.9 Å². The highest BCUT2D eigenvalue weighted by Crippen LogP contribution is 2.24. The molecule has 0 bridgehead atoms. The second kappa shape index (κ2) is 12.2. The van der Waals surface area contributed by atoms with E-state index >= 15 is 0 Å². The molecule has 0 saturated carbocycles. The van der Waals surface area contributed by atoms with Gasteiger partial charge in [-0.3, -0.25) is 4.79 Å². The van der Waals surface area contributed by atoms with Crippen LogP contribution in [0.3, 0.4) is 0 Å². The Morgan fingerprint density at radius 3 is 1.92 bits per heavy atom. The van der Waals surface area contributed by atoms with Gasteiger partial charge in [0.05, 0.1) is 0 Å². The number of carbonyl (C=O) groups excluding carboxylic acids is 2. The fourth-order valence-electron chi connectivity index (χ4n) is 3.82. The normalized spacial score (nSPS) is 12.7. The van der Waals surface area contributed by atoms with E-state index in [-0.39, 0.29) is 25.0 Å². The van der Waals surface area contributed by atoms with Gasteiger partial charge in [-0.05, 0) is 62.6 Å². The molecule has 0 fully saturated rings. The van der Waals surface area contributed by atoms with Crippen molar-refractivity contribution in [1.82, 2.24) is 5.32 Å². The highest BCUT2D eigenvalue weighted by Gasteiger charge is 2.41. The van der Waals surface area contributed by atoms with Crippen LogP contribution in [0.25, 0.3) is 0 Å². The van der Waals surface area contributed by atoms with Crippen molar-refractivity contribution in [2.75, 3.05) is 0 Å². The molecule has 0 aliphatic rings. The van der Waals surface area contributed by atoms with Gasteiger partial charge in [0.15, 0.2) is 5.78 Å². The molecule has 194 valence electrons. The van der Waals surface area contributed by atoms with Crippen LogP contribution in [0, 0.1) is 0 Å². The number of benzene rings is 3. The van der Waals surface area contributed by atoms with Crippen molar-refractivity contribution in [3.63, 3.8) is 0 Å². The number of rotatable bonds is 11. The molecule has 0 aliphatic heterocycles. The maximum absolute atomic E-state index is 13.0. The van der Waals surface area contributed by atoms with Crippen LogP contribution in [-0.4, -0.2) is 34.1 Å². The first-order valence-electron chi connectivity index (χ1n) is 12.1. The standard InChI is InChI=1S/C30H33NO6/c1-29(2,3)37-28(35)31-30(27(33)34,20-22-10-6-4-7-11-22)19-18-26(32)24-14-16-25(17-15-24)36-21-23-12-8-5-9-13-23/h4-17H,18-21H2,1-3H3,(H,31,35)(H,33,34)/t30-/m0/s1. The van der Waals surface area contributed by atoms with Crippen LogP contribution >= 0.6 is 0 Å². The summed E-state index contributed by atoms with van der Waals surface area (Å²) in [5, 5.41) is 12.8. The van der Waals surface area contributed by atoms with E-state index in [9.17, 15) is 19.5 Å². The Kier molecular flexibility index (Phi) is 9.06. The lowest BCUT2D eigenvalue weighted by atomic mass is 9.85. The summed E-state index contributed by atoms with van der Waals surface area (Å²) < 4.78 is 11.1. The molecule has 7 nitrogen and oxygen atoms in total. The highest BCUT2D eigenvalue weighted by atomic mass is 16.6. The Bertz CT molecular complexity index is 1190. The molecule has 37 heavy (non-hydrogen) atoms. The topological polar surface area (TPSA) is 102 Å². The third-order valence-electron chi connectivity index (χ3n) is 5.70. The lowest BCUT2D eigenvalue weighted by molar-refractivity contribution is -0.145. The summed E-state index contributed by atoms with van der Waals surface area (Å²) in [4.78, 5) is 38.1. The molecule has 3 rings (SSSR count). The average Bonchev–Trinajstić information content (AvgIpc) is 2.86. The van der Waals surface area contributed by atoms with Crippen molar-refractivity contribution in [2.45, 2.75) is 57.8 Å². The van der Waals surface area contributed by atoms with Gasteiger partial charge in [0, 0.05) is 18.4 Å². The van der Waals surface area contributed by atoms with Crippen LogP contribution in [0.5, 0.6) is 5.75 Å². The smallest absolute Gasteiger partial charge is 0.408 e. The molecular weight excluding hydrogens is 470 g/mol. The van der Waals surface area contributed by atoms with Gasteiger partial charge in [-0.25, -0.2) is 9.59 Å². The molecule has 0 aromatic heterocycles. The molecule has 0 spiro atoms. The number of hydrogen-bond acceptors (Lipinski definition) is 5. The number of carboxylic acids is 1. The second-order valence-electron chi connectivity index (χ2n) is 9.90. The van der Waals surface area contributed by atoms with Crippen LogP contribution in [0.4, 0.5) is 4.79 Å². The predicted octanol–water partition coefficient (Wildman–Crippen LogP) is 5.82. The van der Waals surface area contributed by atoms with E-state index in [1.54, 1.807) is 69.3 Å². The molecule has 0 heterocycles. The Balaban J connectivity index is 1.71. The monoisotopic (exact) mass is 503 g/mol. The van der Waals surface area contributed by atoms with E-state index in [4.69, 9.17) is 9.47 Å². The molecule has 0 unspecified atom stereocenters. The summed E-state index contributed by atoms with van der Waals surface area (Å²) in [7, 11) is 0. The zero-order valence-electron chi connectivity index (χ0n) is 21.4. The Hall–Kier alpha value is -4.13. The fourth-order valence-corrected chi connectivity index (χ4v) is 3.82. The first-order valence-corrected chi connectivity index (χ1v) is 12.1. The molecule has 3 aromatic rings. The minimum atomic E-state index is -1.72. The van der Waals surface area contributed by atoms with E-state index in [1.807, 2.05) is 36.4 Å². The van der Waals surface area contributed by atoms with Crippen molar-refractivity contribution in [3.8, 4) is 5.75 Å². The van der Waals surface area contributed by atoms with Crippen molar-refractivity contribution in [1.29, 1.82) is 0 Å². The molecule has 1 amide bonds. The summed E-state index contributed by atoms with van der Waals surface area (Å²) in [5.74, 6) is -0.852. The summed E-state index contributed by atoms with van der Waals surface area (Å²) in [6, 6.07) is 25.5. The fraction of sp³-hybridized carbons (Fsp3) is 0.300. The van der Waals surface area contributed by atoms with Crippen LogP contribution in [0.2, 0.25) is 0 Å². The van der Waals surface area contributed by atoms with E-state index in [0.717, 1.165) is 5.56 Å². The molecule has 2 N–H and O–H groups in total. The molecule has 1 atom stereocenters. The minimum absolute atomic E-state index is 0.00194. The quantitative estimate of drug-likeness (QED) is 0.320. The van der Waals surface area contributed by atoms with Gasteiger partial charge < -0.3 is 19.9 Å². The maximum Gasteiger partial charge on any atom is 0.408 e. The SMILES string of the molecule is CC(C)(C)OC(=O)N[C@@](CCC(=O)c1ccc(OCc2ccccc2)cc1)(Cc1ccccc1)C(=O)O. The molecule has 0 saturated heterocycles. The maximum atomic E-state index is 13.0. The third-order valence-corrected chi connectivity index (χ3v) is 5.70. The number of ketones is 1. The predicted molar refractivity (Wildman–Crippen MR) is 141 cm³/mol. The molecule has 0 aliphatic carbocycles. The van der Waals surface area contributed by atoms with E-state index in [0.29, 0.717) is 23.5 Å². The van der Waals surface area contributed by atoms with E-state index < -0.39 is 23.2 Å². The second-order valence-corrected chi connectivity index (χ2v) is 9.90. The molecule has 7 heteroatoms. The molecule has 3 aromatic carbocycles. The summed E-state index contributed by atoms with van der Waals surface area (Å²) >= 11 is 0.